The van der Waals surface area contributed by atoms with Gasteiger partial charge in [0, 0.05) is 0 Å². The van der Waals surface area contributed by atoms with E-state index >= 15 is 0 Å². The predicted molar refractivity (Wildman–Crippen MR) is 58.9 cm³/mol. The number of benzene rings is 1. The van der Waals surface area contributed by atoms with Crippen molar-refractivity contribution in [1.82, 2.24) is 0 Å². The molecule has 0 aliphatic heterocycles. The normalized spacial score (nSPS) is 13.9. The van der Waals surface area contributed by atoms with E-state index in [4.69, 9.17) is 10.00 Å². The summed E-state index contributed by atoms with van der Waals surface area (Å²) in [6.07, 6.45) is -2.19. The van der Waals surface area contributed by atoms with Crippen LogP contribution in [0.1, 0.15) is 23.7 Å². The fraction of sp³-hybridized carbons (Fsp3) is 0.417. The summed E-state index contributed by atoms with van der Waals surface area (Å²) < 4.78 is 5.09. The molecule has 86 valence electrons. The van der Waals surface area contributed by atoms with Gasteiger partial charge in [-0.3, -0.25) is 0 Å². The van der Waals surface area contributed by atoms with E-state index in [0.717, 1.165) is 11.3 Å². The van der Waals surface area contributed by atoms with E-state index in [2.05, 4.69) is 0 Å². The molecule has 0 fully saturated rings. The van der Waals surface area contributed by atoms with Crippen LogP contribution in [0.4, 0.5) is 0 Å². The highest BCUT2D eigenvalue weighted by Crippen LogP contribution is 2.24. The molecule has 4 heteroatoms. The van der Waals surface area contributed by atoms with Gasteiger partial charge in [0.25, 0.3) is 0 Å². The second kappa shape index (κ2) is 5.50. The molecule has 16 heavy (non-hydrogen) atoms. The Hall–Kier alpha value is -1.57. The fourth-order valence-corrected chi connectivity index (χ4v) is 1.51. The second-order valence-corrected chi connectivity index (χ2v) is 3.60. The van der Waals surface area contributed by atoms with Gasteiger partial charge in [-0.05, 0) is 30.2 Å². The molecular formula is C12H15NO3. The maximum Gasteiger partial charge on any atom is 0.121 e. The Balaban J connectivity index is 2.89. The van der Waals surface area contributed by atoms with E-state index in [0.29, 0.717) is 5.56 Å². The van der Waals surface area contributed by atoms with Gasteiger partial charge in [-0.25, -0.2) is 0 Å². The lowest BCUT2D eigenvalue weighted by atomic mass is 10.0. The summed E-state index contributed by atoms with van der Waals surface area (Å²) in [6, 6.07) is 6.97. The second-order valence-electron chi connectivity index (χ2n) is 3.60. The summed E-state index contributed by atoms with van der Waals surface area (Å²) in [6.45, 7) is 1.85. The Labute approximate surface area is 94.7 Å². The average molecular weight is 221 g/mol. The third-order valence-electron chi connectivity index (χ3n) is 2.43. The van der Waals surface area contributed by atoms with Crippen LogP contribution in [0.15, 0.2) is 18.2 Å². The highest BCUT2D eigenvalue weighted by Gasteiger charge is 2.18. The molecule has 4 nitrogen and oxygen atoms in total. The molecule has 1 aromatic carbocycles. The van der Waals surface area contributed by atoms with Crippen molar-refractivity contribution in [2.24, 2.45) is 0 Å². The van der Waals surface area contributed by atoms with Gasteiger partial charge in [-0.1, -0.05) is 6.07 Å². The Morgan fingerprint density at radius 1 is 1.44 bits per heavy atom. The molecule has 0 aliphatic carbocycles. The van der Waals surface area contributed by atoms with Gasteiger partial charge in [0.05, 0.1) is 25.7 Å². The van der Waals surface area contributed by atoms with Crippen LogP contribution in [0.5, 0.6) is 5.75 Å². The van der Waals surface area contributed by atoms with Gasteiger partial charge in [-0.2, -0.15) is 5.26 Å². The molecule has 1 aromatic rings. The Morgan fingerprint density at radius 3 is 2.62 bits per heavy atom. The van der Waals surface area contributed by atoms with E-state index in [9.17, 15) is 10.2 Å². The molecule has 2 N–H and O–H groups in total. The van der Waals surface area contributed by atoms with Crippen LogP contribution in [0.2, 0.25) is 0 Å². The highest BCUT2D eigenvalue weighted by atomic mass is 16.5. The number of aliphatic hydroxyl groups is 2. The van der Waals surface area contributed by atoms with E-state index in [1.54, 1.807) is 25.3 Å². The van der Waals surface area contributed by atoms with Crippen LogP contribution >= 0.6 is 0 Å². The molecule has 0 radical (unpaired) electrons. The van der Waals surface area contributed by atoms with Crippen LogP contribution in [0.3, 0.4) is 0 Å². The minimum Gasteiger partial charge on any atom is -0.496 e. The Kier molecular flexibility index (Phi) is 4.29. The number of hydrogen-bond donors (Lipinski definition) is 2. The summed E-state index contributed by atoms with van der Waals surface area (Å²) in [4.78, 5) is 0. The summed E-state index contributed by atoms with van der Waals surface area (Å²) in [5.74, 6) is 0.728. The third-order valence-corrected chi connectivity index (χ3v) is 2.43. The maximum atomic E-state index is 9.77. The molecule has 0 amide bonds. The van der Waals surface area contributed by atoms with Crippen molar-refractivity contribution >= 4 is 0 Å². The standard InChI is InChI=1S/C12H15NO3/c1-8-7-9(3-4-11(8)16-2)12(15)10(14)5-6-13/h3-4,7,10,12,14-15H,5H2,1-2H3. The van der Waals surface area contributed by atoms with Crippen molar-refractivity contribution in [3.63, 3.8) is 0 Å². The highest BCUT2D eigenvalue weighted by molar-refractivity contribution is 5.37. The molecule has 0 heterocycles. The SMILES string of the molecule is COc1ccc(C(O)C(O)CC#N)cc1C. The first-order chi connectivity index (χ1) is 7.60. The zero-order chi connectivity index (χ0) is 12.1. The fourth-order valence-electron chi connectivity index (χ4n) is 1.51. The lowest BCUT2D eigenvalue weighted by Gasteiger charge is -2.16. The quantitative estimate of drug-likeness (QED) is 0.804. The number of methoxy groups -OCH3 is 1. The van der Waals surface area contributed by atoms with Crippen LogP contribution < -0.4 is 4.74 Å². The first kappa shape index (κ1) is 12.5. The molecular weight excluding hydrogens is 206 g/mol. The minimum atomic E-state index is -1.06. The van der Waals surface area contributed by atoms with E-state index in [1.165, 1.54) is 0 Å². The zero-order valence-electron chi connectivity index (χ0n) is 9.34. The smallest absolute Gasteiger partial charge is 0.121 e. The Morgan fingerprint density at radius 2 is 2.12 bits per heavy atom. The van der Waals surface area contributed by atoms with Gasteiger partial charge in [0.15, 0.2) is 0 Å². The molecule has 2 unspecified atom stereocenters. The van der Waals surface area contributed by atoms with Crippen LogP contribution in [-0.4, -0.2) is 23.4 Å². The van der Waals surface area contributed by atoms with E-state index < -0.39 is 12.2 Å². The van der Waals surface area contributed by atoms with Crippen molar-refractivity contribution in [1.29, 1.82) is 5.26 Å². The van der Waals surface area contributed by atoms with Crippen LogP contribution in [0.25, 0.3) is 0 Å². The molecule has 2 atom stereocenters. The molecule has 0 spiro atoms. The largest absolute Gasteiger partial charge is 0.496 e. The lowest BCUT2D eigenvalue weighted by molar-refractivity contribution is 0.0216. The van der Waals surface area contributed by atoms with E-state index in [1.807, 2.05) is 13.0 Å². The summed E-state index contributed by atoms with van der Waals surface area (Å²) in [5.41, 5.74) is 1.46. The topological polar surface area (TPSA) is 73.5 Å². The van der Waals surface area contributed by atoms with Crippen molar-refractivity contribution in [2.45, 2.75) is 25.6 Å². The molecule has 0 bridgehead atoms. The molecule has 0 saturated heterocycles. The molecule has 0 aliphatic rings. The first-order valence-electron chi connectivity index (χ1n) is 4.97. The molecule has 0 saturated carbocycles. The monoisotopic (exact) mass is 221 g/mol. The molecule has 1 rings (SSSR count). The number of rotatable bonds is 4. The number of nitrogens with zero attached hydrogens (tertiary/aromatic N) is 1. The number of nitriles is 1. The van der Waals surface area contributed by atoms with Gasteiger partial charge in [0.1, 0.15) is 11.9 Å². The lowest BCUT2D eigenvalue weighted by Crippen LogP contribution is -2.17. The first-order valence-corrected chi connectivity index (χ1v) is 4.97. The Bertz CT molecular complexity index is 398. The van der Waals surface area contributed by atoms with Gasteiger partial charge >= 0.3 is 0 Å². The number of hydrogen-bond acceptors (Lipinski definition) is 4. The summed E-state index contributed by atoms with van der Waals surface area (Å²) in [7, 11) is 1.57. The van der Waals surface area contributed by atoms with Gasteiger partial charge in [0.2, 0.25) is 0 Å². The van der Waals surface area contributed by atoms with Crippen molar-refractivity contribution in [3.8, 4) is 11.8 Å². The summed E-state index contributed by atoms with van der Waals surface area (Å²) in [5, 5.41) is 27.7. The van der Waals surface area contributed by atoms with E-state index in [-0.39, 0.29) is 6.42 Å². The van der Waals surface area contributed by atoms with Crippen molar-refractivity contribution < 1.29 is 14.9 Å². The minimum absolute atomic E-state index is 0.0910. The van der Waals surface area contributed by atoms with Crippen molar-refractivity contribution in [3.05, 3.63) is 29.3 Å². The summed E-state index contributed by atoms with van der Waals surface area (Å²) >= 11 is 0. The zero-order valence-corrected chi connectivity index (χ0v) is 9.34. The van der Waals surface area contributed by atoms with Gasteiger partial charge < -0.3 is 14.9 Å². The van der Waals surface area contributed by atoms with Crippen LogP contribution in [-0.2, 0) is 0 Å². The van der Waals surface area contributed by atoms with Gasteiger partial charge in [-0.15, -0.1) is 0 Å². The van der Waals surface area contributed by atoms with Crippen LogP contribution in [0, 0.1) is 18.3 Å². The molecule has 0 aromatic heterocycles. The predicted octanol–water partition coefficient (Wildman–Crippen LogP) is 1.31. The average Bonchev–Trinajstić information content (AvgIpc) is 2.28. The maximum absolute atomic E-state index is 9.77. The number of aryl methyl sites for hydroxylation is 1. The number of ether oxygens (including phenoxy) is 1. The number of aliphatic hydroxyl groups excluding tert-OH is 2. The third kappa shape index (κ3) is 2.72. The van der Waals surface area contributed by atoms with Crippen molar-refractivity contribution in [2.75, 3.05) is 7.11 Å².